The highest BCUT2D eigenvalue weighted by Crippen LogP contribution is 2.21. The average Bonchev–Trinajstić information content (AvgIpc) is 2.94. The summed E-state index contributed by atoms with van der Waals surface area (Å²) < 4.78 is 6.89. The second kappa shape index (κ2) is 13.5. The first-order valence-corrected chi connectivity index (χ1v) is 13.3. The van der Waals surface area contributed by atoms with Gasteiger partial charge in [0.2, 0.25) is 0 Å². The Morgan fingerprint density at radius 3 is 2.39 bits per heavy atom. The van der Waals surface area contributed by atoms with Crippen molar-refractivity contribution in [3.8, 4) is 5.75 Å². The number of para-hydroxylation sites is 2. The lowest BCUT2D eigenvalue weighted by Crippen LogP contribution is -2.37. The summed E-state index contributed by atoms with van der Waals surface area (Å²) in [7, 11) is 0. The number of nitrogens with one attached hydrogen (secondary N) is 3. The van der Waals surface area contributed by atoms with Crippen LogP contribution in [-0.2, 0) is 16.2 Å². The summed E-state index contributed by atoms with van der Waals surface area (Å²) in [6.45, 7) is 0.362. The van der Waals surface area contributed by atoms with Crippen LogP contribution in [0.15, 0.2) is 82.4 Å². The van der Waals surface area contributed by atoms with Crippen LogP contribution in [-0.4, -0.2) is 30.0 Å². The summed E-state index contributed by atoms with van der Waals surface area (Å²) >= 11 is 3.41. The van der Waals surface area contributed by atoms with Crippen LogP contribution in [0.1, 0.15) is 53.6 Å². The molecular weight excluding hydrogens is 548 g/mol. The van der Waals surface area contributed by atoms with E-state index in [1.54, 1.807) is 36.4 Å². The van der Waals surface area contributed by atoms with Crippen molar-refractivity contribution in [1.29, 1.82) is 0 Å². The molecule has 0 aromatic heterocycles. The zero-order chi connectivity index (χ0) is 26.7. The van der Waals surface area contributed by atoms with E-state index in [4.69, 9.17) is 4.74 Å². The summed E-state index contributed by atoms with van der Waals surface area (Å²) in [4.78, 5) is 37.7. The fraction of sp³-hybridized carbons (Fsp3) is 0.241. The molecule has 4 rings (SSSR count). The molecule has 3 amide bonds. The molecule has 0 unspecified atom stereocenters. The molecule has 0 bridgehead atoms. The van der Waals surface area contributed by atoms with E-state index < -0.39 is 11.8 Å². The van der Waals surface area contributed by atoms with Gasteiger partial charge in [0.1, 0.15) is 12.4 Å². The van der Waals surface area contributed by atoms with E-state index in [1.165, 1.54) is 12.6 Å². The monoisotopic (exact) mass is 576 g/mol. The van der Waals surface area contributed by atoms with Crippen LogP contribution in [0.5, 0.6) is 5.75 Å². The molecular formula is C29H29BrN4O4. The third kappa shape index (κ3) is 7.76. The van der Waals surface area contributed by atoms with E-state index in [1.807, 2.05) is 36.4 Å². The van der Waals surface area contributed by atoms with Crippen molar-refractivity contribution in [1.82, 2.24) is 10.7 Å². The Bertz CT molecular complexity index is 1300. The Balaban J connectivity index is 1.33. The Morgan fingerprint density at radius 1 is 0.895 bits per heavy atom. The van der Waals surface area contributed by atoms with Gasteiger partial charge in [0.05, 0.1) is 17.5 Å². The van der Waals surface area contributed by atoms with E-state index in [0.717, 1.165) is 35.7 Å². The summed E-state index contributed by atoms with van der Waals surface area (Å²) in [5.41, 5.74) is 4.43. The molecule has 0 radical (unpaired) electrons. The largest absolute Gasteiger partial charge is 0.488 e. The quantitative estimate of drug-likeness (QED) is 0.195. The van der Waals surface area contributed by atoms with Gasteiger partial charge in [0.15, 0.2) is 0 Å². The molecule has 1 aliphatic carbocycles. The highest BCUT2D eigenvalue weighted by molar-refractivity contribution is 9.10. The van der Waals surface area contributed by atoms with Crippen molar-refractivity contribution in [2.75, 3.05) is 5.32 Å². The van der Waals surface area contributed by atoms with Crippen molar-refractivity contribution < 1.29 is 19.1 Å². The molecule has 0 spiro atoms. The Kier molecular flexibility index (Phi) is 9.64. The van der Waals surface area contributed by atoms with Crippen LogP contribution in [0.2, 0.25) is 0 Å². The molecule has 0 heterocycles. The van der Waals surface area contributed by atoms with Gasteiger partial charge in [0.25, 0.3) is 5.91 Å². The van der Waals surface area contributed by atoms with Gasteiger partial charge in [-0.15, -0.1) is 0 Å². The topological polar surface area (TPSA) is 109 Å². The zero-order valence-electron chi connectivity index (χ0n) is 20.8. The molecule has 9 heteroatoms. The fourth-order valence-corrected chi connectivity index (χ4v) is 4.42. The second-order valence-electron chi connectivity index (χ2n) is 8.96. The van der Waals surface area contributed by atoms with Gasteiger partial charge >= 0.3 is 11.8 Å². The molecule has 3 N–H and O–H groups in total. The summed E-state index contributed by atoms with van der Waals surface area (Å²) in [5.74, 6) is -1.58. The zero-order valence-corrected chi connectivity index (χ0v) is 22.4. The first-order chi connectivity index (χ1) is 18.5. The van der Waals surface area contributed by atoms with Gasteiger partial charge in [0, 0.05) is 16.1 Å². The molecule has 3 aromatic rings. The maximum Gasteiger partial charge on any atom is 0.329 e. The van der Waals surface area contributed by atoms with Crippen LogP contribution in [0, 0.1) is 0 Å². The summed E-state index contributed by atoms with van der Waals surface area (Å²) in [6.07, 6.45) is 6.66. The predicted octanol–water partition coefficient (Wildman–Crippen LogP) is 5.18. The lowest BCUT2D eigenvalue weighted by Gasteiger charge is -2.23. The predicted molar refractivity (Wildman–Crippen MR) is 150 cm³/mol. The number of carbonyl (C=O) groups excluding carboxylic acids is 3. The van der Waals surface area contributed by atoms with Crippen molar-refractivity contribution in [3.63, 3.8) is 0 Å². The number of nitrogens with zero attached hydrogens (tertiary/aromatic N) is 1. The summed E-state index contributed by atoms with van der Waals surface area (Å²) in [6, 6.07) is 21.8. The molecule has 8 nitrogen and oxygen atoms in total. The van der Waals surface area contributed by atoms with Crippen LogP contribution < -0.4 is 20.8 Å². The first-order valence-electron chi connectivity index (χ1n) is 12.5. The van der Waals surface area contributed by atoms with Gasteiger partial charge in [-0.1, -0.05) is 71.6 Å². The van der Waals surface area contributed by atoms with Crippen molar-refractivity contribution in [2.45, 2.75) is 44.8 Å². The molecule has 0 atom stereocenters. The standard InChI is InChI=1S/C29H29BrN4O4/c30-22-16-14-20(15-17-22)19-38-26-13-7-4-8-21(26)18-31-34-29(37)28(36)33-25-12-6-5-11-24(25)27(35)32-23-9-2-1-3-10-23/h4-8,11-18,23H,1-3,9-10,19H2,(H,32,35)(H,33,36)(H,34,37). The van der Waals surface area contributed by atoms with Crippen LogP contribution in [0.3, 0.4) is 0 Å². The molecule has 1 fully saturated rings. The summed E-state index contributed by atoms with van der Waals surface area (Å²) in [5, 5.41) is 9.46. The van der Waals surface area contributed by atoms with Gasteiger partial charge in [-0.25, -0.2) is 5.43 Å². The number of ether oxygens (including phenoxy) is 1. The molecule has 1 saturated carbocycles. The number of amides is 3. The number of halogens is 1. The van der Waals surface area contributed by atoms with Gasteiger partial charge in [-0.2, -0.15) is 5.10 Å². The molecule has 3 aromatic carbocycles. The number of hydrogen-bond acceptors (Lipinski definition) is 5. The maximum atomic E-state index is 12.8. The fourth-order valence-electron chi connectivity index (χ4n) is 4.15. The Morgan fingerprint density at radius 2 is 1.61 bits per heavy atom. The third-order valence-corrected chi connectivity index (χ3v) is 6.69. The van der Waals surface area contributed by atoms with Crippen LogP contribution in [0.25, 0.3) is 0 Å². The number of hydrazone groups is 1. The Hall–Kier alpha value is -3.98. The molecule has 1 aliphatic rings. The van der Waals surface area contributed by atoms with Crippen molar-refractivity contribution in [2.24, 2.45) is 5.10 Å². The number of hydrogen-bond donors (Lipinski definition) is 3. The van der Waals surface area contributed by atoms with E-state index in [-0.39, 0.29) is 17.6 Å². The third-order valence-electron chi connectivity index (χ3n) is 6.16. The van der Waals surface area contributed by atoms with E-state index >= 15 is 0 Å². The molecule has 38 heavy (non-hydrogen) atoms. The Labute approximate surface area is 230 Å². The van der Waals surface area contributed by atoms with E-state index in [0.29, 0.717) is 23.5 Å². The van der Waals surface area contributed by atoms with Crippen molar-refractivity contribution in [3.05, 3.63) is 94.0 Å². The van der Waals surface area contributed by atoms with E-state index in [9.17, 15) is 14.4 Å². The van der Waals surface area contributed by atoms with Gasteiger partial charge in [-0.3, -0.25) is 14.4 Å². The van der Waals surface area contributed by atoms with Gasteiger partial charge < -0.3 is 15.4 Å². The first kappa shape index (κ1) is 27.1. The average molecular weight is 577 g/mol. The van der Waals surface area contributed by atoms with Gasteiger partial charge in [-0.05, 0) is 54.8 Å². The number of anilines is 1. The minimum absolute atomic E-state index is 0.124. The number of benzene rings is 3. The van der Waals surface area contributed by atoms with E-state index in [2.05, 4.69) is 37.1 Å². The number of carbonyl (C=O) groups is 3. The smallest absolute Gasteiger partial charge is 0.329 e. The highest BCUT2D eigenvalue weighted by atomic mass is 79.9. The maximum absolute atomic E-state index is 12.8. The van der Waals surface area contributed by atoms with Crippen LogP contribution >= 0.6 is 15.9 Å². The molecule has 0 saturated heterocycles. The van der Waals surface area contributed by atoms with Crippen molar-refractivity contribution >= 4 is 45.6 Å². The van der Waals surface area contributed by atoms with Crippen LogP contribution in [0.4, 0.5) is 5.69 Å². The second-order valence-corrected chi connectivity index (χ2v) is 9.88. The minimum Gasteiger partial charge on any atom is -0.488 e. The number of rotatable bonds is 8. The minimum atomic E-state index is -0.961. The lowest BCUT2D eigenvalue weighted by molar-refractivity contribution is -0.136. The molecule has 0 aliphatic heterocycles. The lowest BCUT2D eigenvalue weighted by atomic mass is 9.95. The SMILES string of the molecule is O=C(NN=Cc1ccccc1OCc1ccc(Br)cc1)C(=O)Nc1ccccc1C(=O)NC1CCCCC1. The molecule has 196 valence electrons. The normalized spacial score (nSPS) is 13.6. The highest BCUT2D eigenvalue weighted by Gasteiger charge is 2.21.